The summed E-state index contributed by atoms with van der Waals surface area (Å²) in [4.78, 5) is 36.6. The van der Waals surface area contributed by atoms with Crippen LogP contribution in [-0.4, -0.2) is 36.4 Å². The van der Waals surface area contributed by atoms with Gasteiger partial charge in [0, 0.05) is 11.3 Å². The van der Waals surface area contributed by atoms with E-state index in [9.17, 15) is 14.4 Å². The molecule has 1 saturated heterocycles. The van der Waals surface area contributed by atoms with E-state index in [4.69, 9.17) is 16.3 Å². The highest BCUT2D eigenvalue weighted by atomic mass is 35.5. The van der Waals surface area contributed by atoms with E-state index in [0.717, 1.165) is 10.5 Å². The van der Waals surface area contributed by atoms with Gasteiger partial charge in [0.1, 0.15) is 5.75 Å². The number of nitrogens with zero attached hydrogens (tertiary/aromatic N) is 1. The van der Waals surface area contributed by atoms with Gasteiger partial charge >= 0.3 is 6.03 Å². The maximum Gasteiger partial charge on any atom is 0.324 e. The molecule has 2 aromatic rings. The molecule has 2 aromatic carbocycles. The van der Waals surface area contributed by atoms with Crippen molar-refractivity contribution < 1.29 is 19.1 Å². The molecule has 1 aliphatic heterocycles. The van der Waals surface area contributed by atoms with Gasteiger partial charge in [0.25, 0.3) is 5.91 Å². The number of carbonyl (C=O) groups excluding carboxylic acids is 3. The average molecular weight is 374 g/mol. The molecule has 0 radical (unpaired) electrons. The van der Waals surface area contributed by atoms with Crippen LogP contribution in [0.1, 0.15) is 15.9 Å². The fraction of sp³-hybridized carbons (Fsp3) is 0.167. The maximum absolute atomic E-state index is 12.3. The van der Waals surface area contributed by atoms with Crippen LogP contribution in [0.5, 0.6) is 5.75 Å². The predicted octanol–water partition coefficient (Wildman–Crippen LogP) is 2.65. The summed E-state index contributed by atoms with van der Waals surface area (Å²) in [5.74, 6) is -0.0458. The van der Waals surface area contributed by atoms with E-state index in [1.807, 2.05) is 0 Å². The van der Waals surface area contributed by atoms with E-state index in [-0.39, 0.29) is 24.9 Å². The molecule has 1 heterocycles. The zero-order valence-electron chi connectivity index (χ0n) is 13.9. The van der Waals surface area contributed by atoms with Crippen molar-refractivity contribution in [1.29, 1.82) is 0 Å². The number of hydrogen-bond acceptors (Lipinski definition) is 4. The molecule has 1 aliphatic rings. The van der Waals surface area contributed by atoms with Crippen molar-refractivity contribution in [3.63, 3.8) is 0 Å². The first-order valence-electron chi connectivity index (χ1n) is 7.80. The lowest BCUT2D eigenvalue weighted by molar-refractivity contribution is -0.125. The van der Waals surface area contributed by atoms with Gasteiger partial charge in [0.15, 0.2) is 0 Å². The van der Waals surface area contributed by atoms with E-state index in [2.05, 4.69) is 10.6 Å². The molecule has 0 spiro atoms. The number of methoxy groups -OCH3 is 1. The summed E-state index contributed by atoms with van der Waals surface area (Å²) in [5, 5.41) is 5.61. The summed E-state index contributed by atoms with van der Waals surface area (Å²) < 4.78 is 5.07. The minimum atomic E-state index is -0.409. The molecular weight excluding hydrogens is 358 g/mol. The predicted molar refractivity (Wildman–Crippen MR) is 96.3 cm³/mol. The molecule has 4 amide bonds. The number of halogens is 1. The van der Waals surface area contributed by atoms with Gasteiger partial charge in [-0.25, -0.2) is 4.79 Å². The van der Waals surface area contributed by atoms with Crippen LogP contribution in [0, 0.1) is 0 Å². The zero-order valence-corrected chi connectivity index (χ0v) is 14.7. The summed E-state index contributed by atoms with van der Waals surface area (Å²) in [6.07, 6.45) is 0. The Hall–Kier alpha value is -3.06. The van der Waals surface area contributed by atoms with E-state index in [1.54, 1.807) is 42.5 Å². The number of carbonyl (C=O) groups is 3. The molecule has 26 heavy (non-hydrogen) atoms. The molecule has 7 nitrogen and oxygen atoms in total. The number of rotatable bonds is 5. The van der Waals surface area contributed by atoms with Gasteiger partial charge in [-0.05, 0) is 35.9 Å². The second-order valence-electron chi connectivity index (χ2n) is 5.64. The first kappa shape index (κ1) is 17.8. The van der Waals surface area contributed by atoms with Crippen LogP contribution in [0.4, 0.5) is 10.5 Å². The minimum Gasteiger partial charge on any atom is -0.495 e. The van der Waals surface area contributed by atoms with Gasteiger partial charge in [-0.2, -0.15) is 0 Å². The van der Waals surface area contributed by atoms with Crippen LogP contribution in [0.2, 0.25) is 5.02 Å². The van der Waals surface area contributed by atoms with Crippen molar-refractivity contribution in [2.45, 2.75) is 6.54 Å². The third kappa shape index (κ3) is 3.78. The number of hydrogen-bond donors (Lipinski definition) is 2. The monoisotopic (exact) mass is 373 g/mol. The molecule has 134 valence electrons. The Morgan fingerprint density at radius 2 is 1.96 bits per heavy atom. The van der Waals surface area contributed by atoms with Gasteiger partial charge < -0.3 is 15.4 Å². The molecule has 8 heteroatoms. The van der Waals surface area contributed by atoms with E-state index < -0.39 is 6.03 Å². The first-order valence-corrected chi connectivity index (χ1v) is 8.18. The summed E-state index contributed by atoms with van der Waals surface area (Å²) >= 11 is 6.04. The Labute approximate surface area is 154 Å². The Bertz CT molecular complexity index is 851. The molecule has 0 bridgehead atoms. The third-order valence-electron chi connectivity index (χ3n) is 3.90. The second kappa shape index (κ2) is 7.45. The second-order valence-corrected chi connectivity index (χ2v) is 6.05. The Morgan fingerprint density at radius 1 is 1.23 bits per heavy atom. The normalized spacial score (nSPS) is 13.5. The van der Waals surface area contributed by atoms with Crippen LogP contribution in [0.3, 0.4) is 0 Å². The SMILES string of the molecule is COc1ccc(NC(=O)c2ccc(CN3C(=O)CNC3=O)cc2)cc1Cl. The number of imide groups is 1. The first-order chi connectivity index (χ1) is 12.5. The highest BCUT2D eigenvalue weighted by Crippen LogP contribution is 2.27. The highest BCUT2D eigenvalue weighted by molar-refractivity contribution is 6.32. The fourth-order valence-electron chi connectivity index (χ4n) is 2.51. The Kier molecular flexibility index (Phi) is 5.09. The van der Waals surface area contributed by atoms with Gasteiger partial charge in [0.05, 0.1) is 25.2 Å². The molecule has 0 atom stereocenters. The number of urea groups is 1. The van der Waals surface area contributed by atoms with Gasteiger partial charge in [-0.3, -0.25) is 14.5 Å². The quantitative estimate of drug-likeness (QED) is 0.789. The van der Waals surface area contributed by atoms with Gasteiger partial charge in [-0.1, -0.05) is 23.7 Å². The lowest BCUT2D eigenvalue weighted by Gasteiger charge is -2.12. The topological polar surface area (TPSA) is 87.7 Å². The largest absolute Gasteiger partial charge is 0.495 e. The van der Waals surface area contributed by atoms with Crippen molar-refractivity contribution in [2.24, 2.45) is 0 Å². The van der Waals surface area contributed by atoms with Crippen LogP contribution in [-0.2, 0) is 11.3 Å². The average Bonchev–Trinajstić information content (AvgIpc) is 2.94. The van der Waals surface area contributed by atoms with Gasteiger partial charge in [-0.15, -0.1) is 0 Å². The molecule has 0 aromatic heterocycles. The maximum atomic E-state index is 12.3. The van der Waals surface area contributed by atoms with E-state index in [0.29, 0.717) is 22.0 Å². The molecule has 1 fully saturated rings. The fourth-order valence-corrected chi connectivity index (χ4v) is 2.76. The molecule has 0 saturated carbocycles. The number of ether oxygens (including phenoxy) is 1. The smallest absolute Gasteiger partial charge is 0.324 e. The lowest BCUT2D eigenvalue weighted by atomic mass is 10.1. The molecule has 3 rings (SSSR count). The van der Waals surface area contributed by atoms with Gasteiger partial charge in [0.2, 0.25) is 5.91 Å². The van der Waals surface area contributed by atoms with Crippen molar-refractivity contribution in [3.8, 4) is 5.75 Å². The molecule has 0 aliphatic carbocycles. The number of amides is 4. The summed E-state index contributed by atoms with van der Waals surface area (Å²) in [7, 11) is 1.51. The summed E-state index contributed by atoms with van der Waals surface area (Å²) in [6, 6.07) is 11.2. The van der Waals surface area contributed by atoms with Crippen LogP contribution in [0.25, 0.3) is 0 Å². The molecule has 2 N–H and O–H groups in total. The lowest BCUT2D eigenvalue weighted by Crippen LogP contribution is -2.30. The van der Waals surface area contributed by atoms with Crippen molar-refractivity contribution in [1.82, 2.24) is 10.2 Å². The Morgan fingerprint density at radius 3 is 2.54 bits per heavy atom. The van der Waals surface area contributed by atoms with Crippen LogP contribution in [0.15, 0.2) is 42.5 Å². The standard InChI is InChI=1S/C18H16ClN3O4/c1-26-15-7-6-13(8-14(15)19)21-17(24)12-4-2-11(3-5-12)10-22-16(23)9-20-18(22)25/h2-8H,9-10H2,1H3,(H,20,25)(H,21,24). The van der Waals surface area contributed by atoms with E-state index in [1.165, 1.54) is 7.11 Å². The molecular formula is C18H16ClN3O4. The minimum absolute atomic E-state index is 0.0176. The zero-order chi connectivity index (χ0) is 18.7. The van der Waals surface area contributed by atoms with E-state index >= 15 is 0 Å². The van der Waals surface area contributed by atoms with Crippen LogP contribution < -0.4 is 15.4 Å². The number of benzene rings is 2. The number of nitrogens with one attached hydrogen (secondary N) is 2. The van der Waals surface area contributed by atoms with Crippen LogP contribution >= 0.6 is 11.6 Å². The molecule has 0 unspecified atom stereocenters. The van der Waals surface area contributed by atoms with Crippen molar-refractivity contribution in [3.05, 3.63) is 58.6 Å². The third-order valence-corrected chi connectivity index (χ3v) is 4.20. The number of anilines is 1. The highest BCUT2D eigenvalue weighted by Gasteiger charge is 2.28. The van der Waals surface area contributed by atoms with Crippen molar-refractivity contribution in [2.75, 3.05) is 19.0 Å². The summed E-state index contributed by atoms with van der Waals surface area (Å²) in [6.45, 7) is 0.185. The van der Waals surface area contributed by atoms with Crippen molar-refractivity contribution >= 4 is 35.1 Å². The Balaban J connectivity index is 1.66. The summed E-state index contributed by atoms with van der Waals surface area (Å²) in [5.41, 5.74) is 1.74.